The van der Waals surface area contributed by atoms with E-state index in [-0.39, 0.29) is 19.4 Å². The van der Waals surface area contributed by atoms with Crippen molar-refractivity contribution < 1.29 is 29.3 Å². The second kappa shape index (κ2) is 6.67. The third-order valence-electron chi connectivity index (χ3n) is 2.61. The van der Waals surface area contributed by atoms with Gasteiger partial charge in [0.25, 0.3) is 0 Å². The number of carbonyl (C=O) groups is 3. The summed E-state index contributed by atoms with van der Waals surface area (Å²) < 4.78 is 4.67. The van der Waals surface area contributed by atoms with E-state index in [4.69, 9.17) is 10.2 Å². The van der Waals surface area contributed by atoms with Crippen molar-refractivity contribution in [2.75, 3.05) is 6.61 Å². The number of rotatable bonds is 8. The molecule has 6 nitrogen and oxygen atoms in total. The van der Waals surface area contributed by atoms with Crippen LogP contribution in [-0.4, -0.2) is 34.7 Å². The topological polar surface area (TPSA) is 101 Å². The molecule has 0 saturated carbocycles. The average Bonchev–Trinajstić information content (AvgIpc) is 2.26. The minimum Gasteiger partial charge on any atom is -0.481 e. The van der Waals surface area contributed by atoms with E-state index in [0.717, 1.165) is 6.08 Å². The highest BCUT2D eigenvalue weighted by Gasteiger charge is 2.39. The molecule has 0 aromatic rings. The van der Waals surface area contributed by atoms with Crippen LogP contribution in [0.2, 0.25) is 0 Å². The van der Waals surface area contributed by atoms with Crippen LogP contribution in [0.1, 0.15) is 26.2 Å². The summed E-state index contributed by atoms with van der Waals surface area (Å²) in [6, 6.07) is 0. The molecule has 0 heterocycles. The lowest BCUT2D eigenvalue weighted by molar-refractivity contribution is -0.158. The predicted octanol–water partition coefficient (Wildman–Crippen LogP) is 1.06. The first-order valence-electron chi connectivity index (χ1n) is 5.12. The van der Waals surface area contributed by atoms with Gasteiger partial charge in [-0.05, 0) is 12.8 Å². The van der Waals surface area contributed by atoms with Crippen LogP contribution in [0.15, 0.2) is 12.7 Å². The highest BCUT2D eigenvalue weighted by atomic mass is 16.5. The first-order chi connectivity index (χ1) is 7.88. The Morgan fingerprint density at radius 2 is 1.94 bits per heavy atom. The van der Waals surface area contributed by atoms with Crippen LogP contribution >= 0.6 is 0 Å². The number of carboxylic acids is 2. The maximum atomic E-state index is 11.1. The van der Waals surface area contributed by atoms with Crippen molar-refractivity contribution in [1.29, 1.82) is 0 Å². The average molecular weight is 244 g/mol. The molecule has 0 rings (SSSR count). The van der Waals surface area contributed by atoms with Crippen molar-refractivity contribution in [3.63, 3.8) is 0 Å². The number of ether oxygens (including phenoxy) is 1. The Hall–Kier alpha value is -1.85. The zero-order chi connectivity index (χ0) is 13.5. The van der Waals surface area contributed by atoms with Crippen molar-refractivity contribution >= 4 is 17.9 Å². The third kappa shape index (κ3) is 4.67. The predicted molar refractivity (Wildman–Crippen MR) is 58.4 cm³/mol. The normalized spacial score (nSPS) is 13.5. The highest BCUT2D eigenvalue weighted by molar-refractivity contribution is 5.82. The lowest BCUT2D eigenvalue weighted by Crippen LogP contribution is -2.34. The zero-order valence-electron chi connectivity index (χ0n) is 9.64. The van der Waals surface area contributed by atoms with Crippen molar-refractivity contribution in [2.45, 2.75) is 26.2 Å². The van der Waals surface area contributed by atoms with Gasteiger partial charge in [-0.25, -0.2) is 4.79 Å². The molecule has 0 radical (unpaired) electrons. The Labute approximate surface area is 98.9 Å². The number of aliphatic carboxylic acids is 2. The van der Waals surface area contributed by atoms with Gasteiger partial charge in [0.15, 0.2) is 0 Å². The second-order valence-electron chi connectivity index (χ2n) is 3.63. The minimum atomic E-state index is -1.40. The van der Waals surface area contributed by atoms with Gasteiger partial charge in [-0.3, -0.25) is 9.59 Å². The molecule has 1 atom stereocenters. The molecule has 0 amide bonds. The van der Waals surface area contributed by atoms with E-state index < -0.39 is 29.7 Å². The number of hydrogen-bond donors (Lipinski definition) is 2. The lowest BCUT2D eigenvalue weighted by Gasteiger charge is -2.25. The molecule has 0 aliphatic heterocycles. The summed E-state index contributed by atoms with van der Waals surface area (Å²) >= 11 is 0. The Morgan fingerprint density at radius 3 is 2.29 bits per heavy atom. The summed E-state index contributed by atoms with van der Waals surface area (Å²) in [5.74, 6) is -3.04. The number of hydrogen-bond acceptors (Lipinski definition) is 4. The van der Waals surface area contributed by atoms with Gasteiger partial charge >= 0.3 is 17.9 Å². The van der Waals surface area contributed by atoms with E-state index >= 15 is 0 Å². The fourth-order valence-electron chi connectivity index (χ4n) is 1.42. The number of carbonyl (C=O) groups excluding carboxylic acids is 1. The molecular weight excluding hydrogens is 228 g/mol. The van der Waals surface area contributed by atoms with Gasteiger partial charge in [-0.15, -0.1) is 0 Å². The van der Waals surface area contributed by atoms with Gasteiger partial charge in [0.2, 0.25) is 0 Å². The van der Waals surface area contributed by atoms with E-state index in [9.17, 15) is 14.4 Å². The Morgan fingerprint density at radius 1 is 1.35 bits per heavy atom. The van der Waals surface area contributed by atoms with Crippen LogP contribution in [0, 0.1) is 5.41 Å². The molecule has 0 aliphatic carbocycles. The van der Waals surface area contributed by atoms with Crippen molar-refractivity contribution in [2.24, 2.45) is 5.41 Å². The van der Waals surface area contributed by atoms with E-state index in [1.165, 1.54) is 0 Å². The molecule has 0 aromatic heterocycles. The van der Waals surface area contributed by atoms with Crippen molar-refractivity contribution in [3.05, 3.63) is 12.7 Å². The first-order valence-corrected chi connectivity index (χ1v) is 5.12. The maximum Gasteiger partial charge on any atom is 0.330 e. The molecule has 6 heteroatoms. The summed E-state index contributed by atoms with van der Waals surface area (Å²) in [6.45, 7) is 4.64. The molecule has 1 unspecified atom stereocenters. The molecule has 0 aromatic carbocycles. The SMILES string of the molecule is C=CC(=O)OCCC(CC)(CC(=O)O)C(=O)O. The van der Waals surface area contributed by atoms with Crippen molar-refractivity contribution in [3.8, 4) is 0 Å². The number of carboxylic acid groups (broad SMARTS) is 2. The van der Waals surface area contributed by atoms with Gasteiger partial charge in [-0.2, -0.15) is 0 Å². The van der Waals surface area contributed by atoms with Crippen LogP contribution < -0.4 is 0 Å². The molecule has 0 saturated heterocycles. The summed E-state index contributed by atoms with van der Waals surface area (Å²) in [6.07, 6.45) is 0.584. The highest BCUT2D eigenvalue weighted by Crippen LogP contribution is 2.31. The number of esters is 1. The van der Waals surface area contributed by atoms with Crippen molar-refractivity contribution in [1.82, 2.24) is 0 Å². The fourth-order valence-corrected chi connectivity index (χ4v) is 1.42. The second-order valence-corrected chi connectivity index (χ2v) is 3.63. The van der Waals surface area contributed by atoms with Gasteiger partial charge in [0.05, 0.1) is 18.4 Å². The fraction of sp³-hybridized carbons (Fsp3) is 0.545. The smallest absolute Gasteiger partial charge is 0.330 e. The Balaban J connectivity index is 4.58. The van der Waals surface area contributed by atoms with Crippen LogP contribution in [0.4, 0.5) is 0 Å². The first kappa shape index (κ1) is 15.2. The molecule has 17 heavy (non-hydrogen) atoms. The van der Waals surface area contributed by atoms with Gasteiger partial charge in [0.1, 0.15) is 0 Å². The summed E-state index contributed by atoms with van der Waals surface area (Å²) in [5.41, 5.74) is -1.40. The molecule has 2 N–H and O–H groups in total. The van der Waals surface area contributed by atoms with E-state index in [1.54, 1.807) is 6.92 Å². The quantitative estimate of drug-likeness (QED) is 0.489. The standard InChI is InChI=1S/C11H16O6/c1-3-9(14)17-6-5-11(4-2,10(15)16)7-8(12)13/h3H,1,4-7H2,2H3,(H,12,13)(H,15,16). The summed E-state index contributed by atoms with van der Waals surface area (Å²) in [7, 11) is 0. The Bertz CT molecular complexity index is 322. The molecule has 96 valence electrons. The van der Waals surface area contributed by atoms with E-state index in [1.807, 2.05) is 0 Å². The van der Waals surface area contributed by atoms with Gasteiger partial charge in [-0.1, -0.05) is 13.5 Å². The summed E-state index contributed by atoms with van der Waals surface area (Å²) in [5, 5.41) is 17.8. The molecular formula is C11H16O6. The van der Waals surface area contributed by atoms with Gasteiger partial charge < -0.3 is 14.9 Å². The summed E-state index contributed by atoms with van der Waals surface area (Å²) in [4.78, 5) is 32.5. The Kier molecular flexibility index (Phi) is 5.95. The molecule has 0 spiro atoms. The van der Waals surface area contributed by atoms with Gasteiger partial charge in [0, 0.05) is 6.08 Å². The molecule has 0 bridgehead atoms. The monoisotopic (exact) mass is 244 g/mol. The van der Waals surface area contributed by atoms with Crippen LogP contribution in [0.25, 0.3) is 0 Å². The maximum absolute atomic E-state index is 11.1. The van der Waals surface area contributed by atoms with Crippen LogP contribution in [0.3, 0.4) is 0 Å². The van der Waals surface area contributed by atoms with Crippen LogP contribution in [-0.2, 0) is 19.1 Å². The molecule has 0 aliphatic rings. The lowest BCUT2D eigenvalue weighted by atomic mass is 9.79. The van der Waals surface area contributed by atoms with E-state index in [2.05, 4.69) is 11.3 Å². The van der Waals surface area contributed by atoms with Crippen LogP contribution in [0.5, 0.6) is 0 Å². The zero-order valence-corrected chi connectivity index (χ0v) is 9.64. The minimum absolute atomic E-state index is 0.0370. The largest absolute Gasteiger partial charge is 0.481 e. The third-order valence-corrected chi connectivity index (χ3v) is 2.61. The van der Waals surface area contributed by atoms with E-state index in [0.29, 0.717) is 0 Å². The molecule has 0 fully saturated rings.